The number of rotatable bonds is 4. The van der Waals surface area contributed by atoms with Crippen LogP contribution in [0.5, 0.6) is 0 Å². The predicted molar refractivity (Wildman–Crippen MR) is 81.2 cm³/mol. The van der Waals surface area contributed by atoms with Crippen LogP contribution in [0.1, 0.15) is 24.8 Å². The van der Waals surface area contributed by atoms with E-state index in [1.165, 1.54) is 0 Å². The van der Waals surface area contributed by atoms with Crippen molar-refractivity contribution in [1.82, 2.24) is 10.6 Å². The zero-order valence-electron chi connectivity index (χ0n) is 12.1. The fourth-order valence-corrected chi connectivity index (χ4v) is 3.05. The zero-order valence-corrected chi connectivity index (χ0v) is 12.1. The van der Waals surface area contributed by atoms with E-state index in [1.807, 2.05) is 24.3 Å². The van der Waals surface area contributed by atoms with Gasteiger partial charge in [0.05, 0.1) is 12.5 Å². The summed E-state index contributed by atoms with van der Waals surface area (Å²) < 4.78 is 0. The Labute approximate surface area is 124 Å². The van der Waals surface area contributed by atoms with Crippen molar-refractivity contribution >= 4 is 17.5 Å². The van der Waals surface area contributed by atoms with Gasteiger partial charge in [-0.15, -0.1) is 0 Å². The minimum absolute atomic E-state index is 0.0506. The van der Waals surface area contributed by atoms with E-state index in [1.54, 1.807) is 4.90 Å². The molecule has 0 radical (unpaired) electrons. The fourth-order valence-electron chi connectivity index (χ4n) is 3.05. The maximum atomic E-state index is 12.0. The first-order chi connectivity index (χ1) is 10.3. The van der Waals surface area contributed by atoms with Gasteiger partial charge in [-0.2, -0.15) is 0 Å². The van der Waals surface area contributed by atoms with E-state index in [-0.39, 0.29) is 17.9 Å². The van der Waals surface area contributed by atoms with Gasteiger partial charge in [-0.1, -0.05) is 24.6 Å². The van der Waals surface area contributed by atoms with Gasteiger partial charge in [0.25, 0.3) is 0 Å². The van der Waals surface area contributed by atoms with Crippen molar-refractivity contribution < 1.29 is 9.59 Å². The molecule has 112 valence electrons. The van der Waals surface area contributed by atoms with Crippen molar-refractivity contribution in [3.63, 3.8) is 0 Å². The molecule has 21 heavy (non-hydrogen) atoms. The zero-order chi connectivity index (χ0) is 14.7. The number of carbonyl (C=O) groups excluding carboxylic acids is 2. The van der Waals surface area contributed by atoms with Crippen molar-refractivity contribution in [3.8, 4) is 0 Å². The number of hydrogen-bond acceptors (Lipinski definition) is 3. The standard InChI is InChI=1S/C16H21N3O2/c20-15-11-12-5-1-2-7-14(12)19(15)10-9-18-16(21)13-6-3-4-8-17-13/h1-2,5,7,13,17H,3-4,6,8-11H2,(H,18,21). The molecule has 2 aliphatic rings. The lowest BCUT2D eigenvalue weighted by atomic mass is 10.0. The summed E-state index contributed by atoms with van der Waals surface area (Å²) >= 11 is 0. The van der Waals surface area contributed by atoms with Crippen LogP contribution < -0.4 is 15.5 Å². The van der Waals surface area contributed by atoms with Crippen LogP contribution in [-0.2, 0) is 16.0 Å². The highest BCUT2D eigenvalue weighted by atomic mass is 16.2. The number of piperidine rings is 1. The molecule has 1 fully saturated rings. The van der Waals surface area contributed by atoms with E-state index in [0.717, 1.165) is 37.1 Å². The lowest BCUT2D eigenvalue weighted by Crippen LogP contribution is -2.48. The molecule has 2 N–H and O–H groups in total. The largest absolute Gasteiger partial charge is 0.353 e. The molecule has 1 aromatic rings. The Morgan fingerprint density at radius 3 is 3.00 bits per heavy atom. The molecule has 5 heteroatoms. The second-order valence-corrected chi connectivity index (χ2v) is 5.64. The van der Waals surface area contributed by atoms with Crippen LogP contribution in [0.15, 0.2) is 24.3 Å². The summed E-state index contributed by atoms with van der Waals surface area (Å²) in [4.78, 5) is 25.8. The SMILES string of the molecule is O=C(NCCN1C(=O)Cc2ccccc21)C1CCCCN1. The van der Waals surface area contributed by atoms with Gasteiger partial charge in [-0.3, -0.25) is 9.59 Å². The number of hydrogen-bond donors (Lipinski definition) is 2. The Balaban J connectivity index is 1.51. The van der Waals surface area contributed by atoms with Crippen LogP contribution in [0.25, 0.3) is 0 Å². The summed E-state index contributed by atoms with van der Waals surface area (Å²) in [5, 5.41) is 6.16. The molecule has 1 saturated heterocycles. The van der Waals surface area contributed by atoms with E-state index >= 15 is 0 Å². The van der Waals surface area contributed by atoms with Crippen molar-refractivity contribution in [2.24, 2.45) is 0 Å². The molecule has 1 unspecified atom stereocenters. The summed E-state index contributed by atoms with van der Waals surface area (Å²) in [6, 6.07) is 7.77. The van der Waals surface area contributed by atoms with Gasteiger partial charge in [-0.25, -0.2) is 0 Å². The third kappa shape index (κ3) is 3.08. The second kappa shape index (κ2) is 6.26. The monoisotopic (exact) mass is 287 g/mol. The molecule has 2 heterocycles. The average Bonchev–Trinajstić information content (AvgIpc) is 2.84. The first kappa shape index (κ1) is 14.1. The van der Waals surface area contributed by atoms with Crippen LogP contribution in [0.2, 0.25) is 0 Å². The smallest absolute Gasteiger partial charge is 0.237 e. The Kier molecular flexibility index (Phi) is 4.20. The van der Waals surface area contributed by atoms with E-state index in [0.29, 0.717) is 19.5 Å². The van der Waals surface area contributed by atoms with Crippen molar-refractivity contribution in [2.75, 3.05) is 24.5 Å². The minimum atomic E-state index is -0.0692. The van der Waals surface area contributed by atoms with Crippen molar-refractivity contribution in [3.05, 3.63) is 29.8 Å². The number of carbonyl (C=O) groups is 2. The van der Waals surface area contributed by atoms with Crippen LogP contribution >= 0.6 is 0 Å². The number of anilines is 1. The lowest BCUT2D eigenvalue weighted by molar-refractivity contribution is -0.124. The summed E-state index contributed by atoms with van der Waals surface area (Å²) in [6.45, 7) is 1.95. The van der Waals surface area contributed by atoms with Crippen LogP contribution in [-0.4, -0.2) is 37.5 Å². The Bertz CT molecular complexity index is 538. The molecule has 0 saturated carbocycles. The summed E-state index contributed by atoms with van der Waals surface area (Å²) in [7, 11) is 0. The summed E-state index contributed by atoms with van der Waals surface area (Å²) in [5.74, 6) is 0.163. The fraction of sp³-hybridized carbons (Fsp3) is 0.500. The van der Waals surface area contributed by atoms with Crippen molar-refractivity contribution in [1.29, 1.82) is 0 Å². The highest BCUT2D eigenvalue weighted by Crippen LogP contribution is 2.27. The van der Waals surface area contributed by atoms with Gasteiger partial charge in [0.1, 0.15) is 0 Å². The third-order valence-electron chi connectivity index (χ3n) is 4.19. The topological polar surface area (TPSA) is 61.4 Å². The van der Waals surface area contributed by atoms with Gasteiger partial charge in [-0.05, 0) is 31.0 Å². The van der Waals surface area contributed by atoms with Gasteiger partial charge >= 0.3 is 0 Å². The number of nitrogens with one attached hydrogen (secondary N) is 2. The first-order valence-corrected chi connectivity index (χ1v) is 7.65. The average molecular weight is 287 g/mol. The van der Waals surface area contributed by atoms with Crippen molar-refractivity contribution in [2.45, 2.75) is 31.7 Å². The van der Waals surface area contributed by atoms with E-state index in [2.05, 4.69) is 10.6 Å². The lowest BCUT2D eigenvalue weighted by Gasteiger charge is -2.23. The molecule has 0 bridgehead atoms. The van der Waals surface area contributed by atoms with Crippen LogP contribution in [0, 0.1) is 0 Å². The number of para-hydroxylation sites is 1. The van der Waals surface area contributed by atoms with Gasteiger partial charge < -0.3 is 15.5 Å². The maximum absolute atomic E-state index is 12.0. The highest BCUT2D eigenvalue weighted by molar-refractivity contribution is 6.01. The molecule has 2 amide bonds. The number of nitrogens with zero attached hydrogens (tertiary/aromatic N) is 1. The van der Waals surface area contributed by atoms with E-state index < -0.39 is 0 Å². The minimum Gasteiger partial charge on any atom is -0.353 e. The molecule has 0 aromatic heterocycles. The summed E-state index contributed by atoms with van der Waals surface area (Å²) in [6.07, 6.45) is 3.61. The molecule has 5 nitrogen and oxygen atoms in total. The molecular weight excluding hydrogens is 266 g/mol. The van der Waals surface area contributed by atoms with E-state index in [9.17, 15) is 9.59 Å². The third-order valence-corrected chi connectivity index (χ3v) is 4.19. The maximum Gasteiger partial charge on any atom is 0.237 e. The number of amides is 2. The van der Waals surface area contributed by atoms with Gasteiger partial charge in [0.15, 0.2) is 0 Å². The molecule has 3 rings (SSSR count). The highest BCUT2D eigenvalue weighted by Gasteiger charge is 2.26. The molecule has 1 aromatic carbocycles. The van der Waals surface area contributed by atoms with Gasteiger partial charge in [0, 0.05) is 18.8 Å². The predicted octanol–water partition coefficient (Wildman–Crippen LogP) is 0.834. The molecular formula is C16H21N3O2. The normalized spacial score (nSPS) is 21.2. The number of benzene rings is 1. The molecule has 1 atom stereocenters. The van der Waals surface area contributed by atoms with Gasteiger partial charge in [0.2, 0.25) is 11.8 Å². The molecule has 0 aliphatic carbocycles. The quantitative estimate of drug-likeness (QED) is 0.862. The Morgan fingerprint density at radius 1 is 1.33 bits per heavy atom. The Morgan fingerprint density at radius 2 is 2.19 bits per heavy atom. The Hall–Kier alpha value is -1.88. The number of fused-ring (bicyclic) bond motifs is 1. The summed E-state index contributed by atoms with van der Waals surface area (Å²) in [5.41, 5.74) is 2.05. The van der Waals surface area contributed by atoms with Crippen LogP contribution in [0.4, 0.5) is 5.69 Å². The first-order valence-electron chi connectivity index (χ1n) is 7.65. The second-order valence-electron chi connectivity index (χ2n) is 5.64. The van der Waals surface area contributed by atoms with Crippen LogP contribution in [0.3, 0.4) is 0 Å². The molecule has 0 spiro atoms. The molecule has 2 aliphatic heterocycles. The van der Waals surface area contributed by atoms with E-state index in [4.69, 9.17) is 0 Å².